The van der Waals surface area contributed by atoms with Gasteiger partial charge in [0.25, 0.3) is 5.56 Å². The molecule has 2 aliphatic rings. The van der Waals surface area contributed by atoms with Crippen LogP contribution in [-0.2, 0) is 0 Å². The summed E-state index contributed by atoms with van der Waals surface area (Å²) in [6.07, 6.45) is 2.45. The van der Waals surface area contributed by atoms with Crippen molar-refractivity contribution in [3.8, 4) is 5.75 Å². The van der Waals surface area contributed by atoms with Crippen LogP contribution in [0.15, 0.2) is 15.7 Å². The van der Waals surface area contributed by atoms with Gasteiger partial charge in [0.2, 0.25) is 0 Å². The highest BCUT2D eigenvalue weighted by molar-refractivity contribution is 5.91. The Labute approximate surface area is 167 Å². The van der Waals surface area contributed by atoms with Crippen LogP contribution in [0.3, 0.4) is 0 Å². The number of rotatable bonds is 5. The van der Waals surface area contributed by atoms with E-state index in [-0.39, 0.29) is 28.3 Å². The van der Waals surface area contributed by atoms with E-state index in [1.165, 1.54) is 17.7 Å². The van der Waals surface area contributed by atoms with Crippen molar-refractivity contribution in [2.24, 2.45) is 17.1 Å². The first kappa shape index (κ1) is 19.8. The van der Waals surface area contributed by atoms with Gasteiger partial charge in [-0.1, -0.05) is 13.8 Å². The van der Waals surface area contributed by atoms with E-state index in [0.717, 1.165) is 19.3 Å². The van der Waals surface area contributed by atoms with Crippen molar-refractivity contribution in [1.29, 1.82) is 0 Å². The number of aromatic nitrogens is 2. The van der Waals surface area contributed by atoms with Crippen LogP contribution in [0.25, 0.3) is 10.9 Å². The molecule has 2 fully saturated rings. The topological polar surface area (TPSA) is 109 Å². The SMILES string of the molecule is COc1c(N2CC(CCN)C(C)(C)C2)c(F)cc2c(=O)n(N)c(=O)n(C3CC3)c12. The van der Waals surface area contributed by atoms with Crippen LogP contribution in [-0.4, -0.2) is 36.0 Å². The van der Waals surface area contributed by atoms with E-state index in [1.807, 2.05) is 4.90 Å². The number of nitrogen functional groups attached to an aromatic ring is 1. The Balaban J connectivity index is 1.98. The number of ether oxygens (including phenoxy) is 1. The molecular weight excluding hydrogens is 377 g/mol. The van der Waals surface area contributed by atoms with Gasteiger partial charge in [-0.25, -0.2) is 9.18 Å². The van der Waals surface area contributed by atoms with Gasteiger partial charge >= 0.3 is 5.69 Å². The van der Waals surface area contributed by atoms with Gasteiger partial charge in [0, 0.05) is 19.1 Å². The van der Waals surface area contributed by atoms with Gasteiger partial charge in [-0.2, -0.15) is 4.68 Å². The van der Waals surface area contributed by atoms with E-state index in [9.17, 15) is 9.59 Å². The van der Waals surface area contributed by atoms with Crippen molar-refractivity contribution in [2.45, 2.75) is 39.2 Å². The first-order valence-corrected chi connectivity index (χ1v) is 9.99. The molecule has 29 heavy (non-hydrogen) atoms. The fourth-order valence-corrected chi connectivity index (χ4v) is 4.65. The molecule has 0 bridgehead atoms. The predicted octanol–water partition coefficient (Wildman–Crippen LogP) is 1.17. The van der Waals surface area contributed by atoms with E-state index in [1.54, 1.807) is 0 Å². The third-order valence-electron chi connectivity index (χ3n) is 6.38. The molecule has 8 nitrogen and oxygen atoms in total. The molecule has 1 saturated heterocycles. The lowest BCUT2D eigenvalue weighted by molar-refractivity contribution is 0.277. The average Bonchev–Trinajstić information content (AvgIpc) is 3.45. The minimum atomic E-state index is -0.728. The number of fused-ring (bicyclic) bond motifs is 1. The highest BCUT2D eigenvalue weighted by Gasteiger charge is 2.41. The van der Waals surface area contributed by atoms with Gasteiger partial charge in [0.05, 0.1) is 12.5 Å². The van der Waals surface area contributed by atoms with Gasteiger partial charge in [0.1, 0.15) is 11.2 Å². The molecule has 2 heterocycles. The molecule has 1 atom stereocenters. The van der Waals surface area contributed by atoms with Crippen LogP contribution in [0.1, 0.15) is 39.2 Å². The number of hydrogen-bond donors (Lipinski definition) is 2. The molecular formula is C20H28FN5O3. The predicted molar refractivity (Wildman–Crippen MR) is 111 cm³/mol. The fraction of sp³-hybridized carbons (Fsp3) is 0.600. The maximum Gasteiger partial charge on any atom is 0.350 e. The molecule has 0 spiro atoms. The Morgan fingerprint density at radius 2 is 2.00 bits per heavy atom. The number of hydrogen-bond acceptors (Lipinski definition) is 6. The Hall–Kier alpha value is -2.55. The lowest BCUT2D eigenvalue weighted by Gasteiger charge is -2.26. The van der Waals surface area contributed by atoms with Crippen molar-refractivity contribution >= 4 is 16.6 Å². The Kier molecular flexibility index (Phi) is 4.60. The van der Waals surface area contributed by atoms with Gasteiger partial charge in [-0.05, 0) is 43.2 Å². The summed E-state index contributed by atoms with van der Waals surface area (Å²) in [5.74, 6) is 5.64. The molecule has 1 unspecified atom stereocenters. The van der Waals surface area contributed by atoms with Crippen molar-refractivity contribution < 1.29 is 9.13 Å². The lowest BCUT2D eigenvalue weighted by atomic mass is 9.80. The summed E-state index contributed by atoms with van der Waals surface area (Å²) in [5.41, 5.74) is 5.00. The maximum atomic E-state index is 15.3. The summed E-state index contributed by atoms with van der Waals surface area (Å²) in [6, 6.07) is 1.12. The summed E-state index contributed by atoms with van der Waals surface area (Å²) in [5, 5.41) is 0.0501. The third kappa shape index (κ3) is 2.99. The molecule has 2 aromatic rings. The summed E-state index contributed by atoms with van der Waals surface area (Å²) < 4.78 is 23.0. The zero-order valence-corrected chi connectivity index (χ0v) is 17.1. The maximum absolute atomic E-state index is 15.3. The molecule has 1 aromatic carbocycles. The van der Waals surface area contributed by atoms with Gasteiger partial charge < -0.3 is 21.2 Å². The summed E-state index contributed by atoms with van der Waals surface area (Å²) in [7, 11) is 1.44. The second-order valence-electron chi connectivity index (χ2n) is 8.84. The largest absolute Gasteiger partial charge is 0.492 e. The van der Waals surface area contributed by atoms with Crippen molar-refractivity contribution in [1.82, 2.24) is 9.24 Å². The highest BCUT2D eigenvalue weighted by atomic mass is 19.1. The molecule has 9 heteroatoms. The smallest absolute Gasteiger partial charge is 0.350 e. The normalized spacial score (nSPS) is 21.1. The van der Waals surface area contributed by atoms with Gasteiger partial charge in [-0.15, -0.1) is 0 Å². The molecule has 0 amide bonds. The lowest BCUT2D eigenvalue weighted by Crippen LogP contribution is -2.44. The summed E-state index contributed by atoms with van der Waals surface area (Å²) >= 11 is 0. The molecule has 158 valence electrons. The summed E-state index contributed by atoms with van der Waals surface area (Å²) in [4.78, 5) is 27.3. The number of nitrogens with zero attached hydrogens (tertiary/aromatic N) is 3. The second-order valence-corrected chi connectivity index (χ2v) is 8.84. The second kappa shape index (κ2) is 6.76. The Morgan fingerprint density at radius 1 is 1.31 bits per heavy atom. The first-order chi connectivity index (χ1) is 13.7. The fourth-order valence-electron chi connectivity index (χ4n) is 4.65. The monoisotopic (exact) mass is 405 g/mol. The van der Waals surface area contributed by atoms with Gasteiger partial charge in [0.15, 0.2) is 11.6 Å². The van der Waals surface area contributed by atoms with Crippen LogP contribution in [0.2, 0.25) is 0 Å². The van der Waals surface area contributed by atoms with Crippen LogP contribution >= 0.6 is 0 Å². The highest BCUT2D eigenvalue weighted by Crippen LogP contribution is 2.46. The number of benzene rings is 1. The molecule has 4 rings (SSSR count). The van der Waals surface area contributed by atoms with Gasteiger partial charge in [-0.3, -0.25) is 9.36 Å². The van der Waals surface area contributed by atoms with E-state index in [0.29, 0.717) is 35.7 Å². The van der Waals surface area contributed by atoms with Crippen molar-refractivity contribution in [3.63, 3.8) is 0 Å². The quantitative estimate of drug-likeness (QED) is 0.723. The van der Waals surface area contributed by atoms with Crippen LogP contribution in [0.4, 0.5) is 10.1 Å². The van der Waals surface area contributed by atoms with Crippen LogP contribution < -0.4 is 32.5 Å². The molecule has 1 saturated carbocycles. The van der Waals surface area contributed by atoms with Crippen LogP contribution in [0.5, 0.6) is 5.75 Å². The molecule has 1 aliphatic heterocycles. The first-order valence-electron chi connectivity index (χ1n) is 9.99. The standard InChI is InChI=1S/C20H28FN5O3/c1-20(2)10-24(9-11(20)6-7-22)16-14(21)8-13-15(17(16)29-3)25(12-4-5-12)19(28)26(23)18(13)27/h8,11-12H,4-7,9-10,22-23H2,1-3H3. The molecule has 4 N–H and O–H groups in total. The van der Waals surface area contributed by atoms with E-state index >= 15 is 4.39 Å². The molecule has 0 radical (unpaired) electrons. The van der Waals surface area contributed by atoms with E-state index < -0.39 is 17.1 Å². The molecule has 1 aliphatic carbocycles. The van der Waals surface area contributed by atoms with Crippen molar-refractivity contribution in [3.05, 3.63) is 32.7 Å². The Morgan fingerprint density at radius 3 is 2.59 bits per heavy atom. The number of methoxy groups -OCH3 is 1. The zero-order chi connectivity index (χ0) is 21.1. The number of halogens is 1. The minimum absolute atomic E-state index is 0.0501. The molecule has 1 aromatic heterocycles. The van der Waals surface area contributed by atoms with E-state index in [2.05, 4.69) is 13.8 Å². The average molecular weight is 405 g/mol. The third-order valence-corrected chi connectivity index (χ3v) is 6.38. The van der Waals surface area contributed by atoms with Crippen molar-refractivity contribution in [2.75, 3.05) is 37.5 Å². The summed E-state index contributed by atoms with van der Waals surface area (Å²) in [6.45, 7) is 6.11. The van der Waals surface area contributed by atoms with E-state index in [4.69, 9.17) is 16.3 Å². The number of anilines is 1. The zero-order valence-electron chi connectivity index (χ0n) is 17.1. The number of nitrogens with two attached hydrogens (primary N) is 2. The van der Waals surface area contributed by atoms with Crippen LogP contribution in [0, 0.1) is 17.2 Å². The minimum Gasteiger partial charge on any atom is -0.492 e. The Bertz CT molecular complexity index is 1090.